The molecule has 0 radical (unpaired) electrons. The Hall–Kier alpha value is -3.86. The lowest BCUT2D eigenvalue weighted by Crippen LogP contribution is -2.14. The van der Waals surface area contributed by atoms with E-state index in [1.54, 1.807) is 31.6 Å². The average Bonchev–Trinajstić information content (AvgIpc) is 3.03. The quantitative estimate of drug-likeness (QED) is 0.459. The lowest BCUT2D eigenvalue weighted by molar-refractivity contribution is 0.102. The van der Waals surface area contributed by atoms with Crippen LogP contribution < -0.4 is 10.0 Å². The van der Waals surface area contributed by atoms with Gasteiger partial charge in [0.05, 0.1) is 21.5 Å². The second-order valence-electron chi connectivity index (χ2n) is 7.43. The molecule has 170 valence electrons. The summed E-state index contributed by atoms with van der Waals surface area (Å²) in [6.07, 6.45) is 0. The number of hydrogen-bond acceptors (Lipinski definition) is 5. The number of carbonyl (C=O) groups is 1. The van der Waals surface area contributed by atoms with Crippen LogP contribution in [0.4, 0.5) is 20.2 Å². The van der Waals surface area contributed by atoms with Crippen molar-refractivity contribution in [2.24, 2.45) is 7.05 Å². The highest BCUT2D eigenvalue weighted by atomic mass is 32.2. The zero-order valence-electron chi connectivity index (χ0n) is 17.8. The van der Waals surface area contributed by atoms with Gasteiger partial charge in [-0.05, 0) is 62.4 Å². The molecular formula is C22H19F2N5O3S. The van der Waals surface area contributed by atoms with E-state index in [4.69, 9.17) is 0 Å². The van der Waals surface area contributed by atoms with Crippen molar-refractivity contribution in [1.29, 1.82) is 0 Å². The number of fused-ring (bicyclic) bond motifs is 1. The Bertz CT molecular complexity index is 1500. The van der Waals surface area contributed by atoms with Gasteiger partial charge in [-0.2, -0.15) is 5.10 Å². The molecule has 0 saturated carbocycles. The Morgan fingerprint density at radius 2 is 1.64 bits per heavy atom. The summed E-state index contributed by atoms with van der Waals surface area (Å²) in [5.41, 5.74) is 2.97. The van der Waals surface area contributed by atoms with Gasteiger partial charge in [0.1, 0.15) is 0 Å². The monoisotopic (exact) mass is 471 g/mol. The summed E-state index contributed by atoms with van der Waals surface area (Å²) >= 11 is 0. The van der Waals surface area contributed by atoms with Gasteiger partial charge in [0.15, 0.2) is 17.3 Å². The van der Waals surface area contributed by atoms with Crippen molar-refractivity contribution in [2.75, 3.05) is 10.0 Å². The number of carbonyl (C=O) groups excluding carboxylic acids is 1. The van der Waals surface area contributed by atoms with Crippen molar-refractivity contribution in [2.45, 2.75) is 18.7 Å². The van der Waals surface area contributed by atoms with Crippen LogP contribution in [0.5, 0.6) is 0 Å². The van der Waals surface area contributed by atoms with Crippen LogP contribution in [-0.4, -0.2) is 29.1 Å². The number of aromatic nitrogens is 3. The predicted octanol–water partition coefficient (Wildman–Crippen LogP) is 3.92. The van der Waals surface area contributed by atoms with Crippen LogP contribution in [0, 0.1) is 25.5 Å². The van der Waals surface area contributed by atoms with E-state index < -0.39 is 26.6 Å². The first kappa shape index (κ1) is 22.3. The van der Waals surface area contributed by atoms with Gasteiger partial charge in [0.25, 0.3) is 15.9 Å². The standard InChI is InChI=1S/C22H19F2N5O3S/c1-12-10-17(20-13(2)27-29(3)21(20)25-12)22(30)26-14-4-6-15(7-5-14)28-33(31,32)16-8-9-18(23)19(24)11-16/h4-11,28H,1-3H3,(H,26,30). The molecule has 0 fully saturated rings. The molecule has 4 rings (SSSR count). The van der Waals surface area contributed by atoms with Crippen molar-refractivity contribution >= 4 is 38.3 Å². The van der Waals surface area contributed by atoms with E-state index in [0.717, 1.165) is 12.1 Å². The van der Waals surface area contributed by atoms with E-state index in [9.17, 15) is 22.0 Å². The predicted molar refractivity (Wildman–Crippen MR) is 120 cm³/mol. The second-order valence-corrected chi connectivity index (χ2v) is 9.11. The lowest BCUT2D eigenvalue weighted by Gasteiger charge is -2.11. The number of hydrogen-bond donors (Lipinski definition) is 2. The SMILES string of the molecule is Cc1cc(C(=O)Nc2ccc(NS(=O)(=O)c3ccc(F)c(F)c3)cc2)c2c(C)nn(C)c2n1. The minimum absolute atomic E-state index is 0.183. The molecule has 0 aliphatic rings. The summed E-state index contributed by atoms with van der Waals surface area (Å²) in [4.78, 5) is 17.0. The fourth-order valence-electron chi connectivity index (χ4n) is 3.43. The summed E-state index contributed by atoms with van der Waals surface area (Å²) in [6.45, 7) is 3.58. The van der Waals surface area contributed by atoms with Gasteiger partial charge in [0.2, 0.25) is 0 Å². The van der Waals surface area contributed by atoms with Gasteiger partial charge in [-0.1, -0.05) is 0 Å². The maximum Gasteiger partial charge on any atom is 0.261 e. The Kier molecular flexibility index (Phi) is 5.58. The van der Waals surface area contributed by atoms with Gasteiger partial charge in [-0.25, -0.2) is 22.2 Å². The van der Waals surface area contributed by atoms with Gasteiger partial charge in [-0.3, -0.25) is 14.2 Å². The zero-order chi connectivity index (χ0) is 23.9. The van der Waals surface area contributed by atoms with Crippen LogP contribution >= 0.6 is 0 Å². The van der Waals surface area contributed by atoms with E-state index in [2.05, 4.69) is 20.1 Å². The van der Waals surface area contributed by atoms with E-state index in [1.807, 2.05) is 0 Å². The third-order valence-corrected chi connectivity index (χ3v) is 6.32. The largest absolute Gasteiger partial charge is 0.322 e. The third-order valence-electron chi connectivity index (χ3n) is 4.94. The summed E-state index contributed by atoms with van der Waals surface area (Å²) in [5.74, 6) is -2.77. The highest BCUT2D eigenvalue weighted by molar-refractivity contribution is 7.92. The summed E-state index contributed by atoms with van der Waals surface area (Å²) in [6, 6.07) is 9.90. The molecule has 0 spiro atoms. The van der Waals surface area contributed by atoms with Crippen LogP contribution in [0.1, 0.15) is 21.7 Å². The molecule has 0 unspecified atom stereocenters. The number of anilines is 2. The summed E-state index contributed by atoms with van der Waals surface area (Å²) < 4.78 is 55.2. The molecule has 0 atom stereocenters. The number of sulfonamides is 1. The summed E-state index contributed by atoms with van der Waals surface area (Å²) in [7, 11) is -2.37. The van der Waals surface area contributed by atoms with E-state index in [1.165, 1.54) is 24.3 Å². The molecule has 4 aromatic rings. The molecule has 0 aliphatic carbocycles. The molecule has 2 aromatic carbocycles. The fraction of sp³-hybridized carbons (Fsp3) is 0.136. The Labute approximate surface area is 188 Å². The molecule has 2 heterocycles. The lowest BCUT2D eigenvalue weighted by atomic mass is 10.1. The van der Waals surface area contributed by atoms with Crippen molar-refractivity contribution < 1.29 is 22.0 Å². The topological polar surface area (TPSA) is 106 Å². The van der Waals surface area contributed by atoms with Crippen LogP contribution in [0.15, 0.2) is 53.4 Å². The van der Waals surface area contributed by atoms with Crippen LogP contribution in [-0.2, 0) is 17.1 Å². The molecule has 1 amide bonds. The maximum atomic E-state index is 13.4. The number of nitrogens with zero attached hydrogens (tertiary/aromatic N) is 3. The molecular weight excluding hydrogens is 452 g/mol. The van der Waals surface area contributed by atoms with Gasteiger partial charge >= 0.3 is 0 Å². The number of aryl methyl sites for hydroxylation is 3. The summed E-state index contributed by atoms with van der Waals surface area (Å²) in [5, 5.41) is 7.75. The van der Waals surface area contributed by atoms with Crippen molar-refractivity contribution in [3.8, 4) is 0 Å². The zero-order valence-corrected chi connectivity index (χ0v) is 18.7. The molecule has 2 aromatic heterocycles. The van der Waals surface area contributed by atoms with Crippen LogP contribution in [0.2, 0.25) is 0 Å². The minimum Gasteiger partial charge on any atom is -0.322 e. The molecule has 2 N–H and O–H groups in total. The highest BCUT2D eigenvalue weighted by Crippen LogP contribution is 2.24. The van der Waals surface area contributed by atoms with Crippen molar-refractivity contribution in [3.05, 3.63) is 77.1 Å². The Balaban J connectivity index is 1.54. The van der Waals surface area contributed by atoms with Gasteiger partial charge in [-0.15, -0.1) is 0 Å². The first-order chi connectivity index (χ1) is 15.5. The number of rotatable bonds is 5. The first-order valence-corrected chi connectivity index (χ1v) is 11.2. The van der Waals surface area contributed by atoms with Gasteiger partial charge < -0.3 is 5.32 Å². The van der Waals surface area contributed by atoms with E-state index >= 15 is 0 Å². The number of halogens is 2. The molecule has 0 aliphatic heterocycles. The molecule has 8 nitrogen and oxygen atoms in total. The second kappa shape index (κ2) is 8.24. The van der Waals surface area contributed by atoms with Crippen LogP contribution in [0.3, 0.4) is 0 Å². The molecule has 0 saturated heterocycles. The third kappa shape index (κ3) is 4.40. The number of pyridine rings is 1. The highest BCUT2D eigenvalue weighted by Gasteiger charge is 2.19. The molecule has 11 heteroatoms. The molecule has 33 heavy (non-hydrogen) atoms. The number of benzene rings is 2. The van der Waals surface area contributed by atoms with Crippen molar-refractivity contribution in [1.82, 2.24) is 14.8 Å². The average molecular weight is 471 g/mol. The van der Waals surface area contributed by atoms with Gasteiger partial charge in [0, 0.05) is 24.1 Å². The van der Waals surface area contributed by atoms with Crippen molar-refractivity contribution in [3.63, 3.8) is 0 Å². The number of nitrogens with one attached hydrogen (secondary N) is 2. The normalized spacial score (nSPS) is 11.5. The molecule has 0 bridgehead atoms. The fourth-order valence-corrected chi connectivity index (χ4v) is 4.50. The van der Waals surface area contributed by atoms with Crippen LogP contribution in [0.25, 0.3) is 11.0 Å². The van der Waals surface area contributed by atoms with E-state index in [0.29, 0.717) is 39.7 Å². The smallest absolute Gasteiger partial charge is 0.261 e. The first-order valence-electron chi connectivity index (χ1n) is 9.75. The Morgan fingerprint density at radius 3 is 2.30 bits per heavy atom. The van der Waals surface area contributed by atoms with E-state index in [-0.39, 0.29) is 11.6 Å². The minimum atomic E-state index is -4.12. The number of amides is 1. The Morgan fingerprint density at radius 1 is 0.970 bits per heavy atom. The maximum absolute atomic E-state index is 13.4.